The lowest BCUT2D eigenvalue weighted by Crippen LogP contribution is -2.37. The van der Waals surface area contributed by atoms with Crippen LogP contribution in [0, 0.1) is 0 Å². The zero-order chi connectivity index (χ0) is 17.7. The Kier molecular flexibility index (Phi) is 6.10. The topological polar surface area (TPSA) is 102 Å². The first-order valence-electron chi connectivity index (χ1n) is 7.97. The van der Waals surface area contributed by atoms with Crippen molar-refractivity contribution < 1.29 is 14.3 Å². The first kappa shape index (κ1) is 18.2. The Morgan fingerprint density at radius 3 is 2.96 bits per heavy atom. The molecule has 0 aliphatic carbocycles. The van der Waals surface area contributed by atoms with Crippen LogP contribution < -0.4 is 16.6 Å². The fourth-order valence-electron chi connectivity index (χ4n) is 2.44. The van der Waals surface area contributed by atoms with Gasteiger partial charge in [-0.25, -0.2) is 9.59 Å². The smallest absolute Gasteiger partial charge is 0.330 e. The van der Waals surface area contributed by atoms with Crippen molar-refractivity contribution in [3.63, 3.8) is 0 Å². The molecule has 0 amide bonds. The van der Waals surface area contributed by atoms with Crippen LogP contribution in [0.4, 0.5) is 0 Å². The minimum atomic E-state index is -0.581. The van der Waals surface area contributed by atoms with E-state index in [1.807, 2.05) is 0 Å². The molecule has 132 valence electrons. The van der Waals surface area contributed by atoms with Gasteiger partial charge in [-0.2, -0.15) is 0 Å². The number of nitrogens with zero attached hydrogens (tertiary/aromatic N) is 1. The van der Waals surface area contributed by atoms with Crippen LogP contribution in [0.5, 0.6) is 0 Å². The molecule has 0 radical (unpaired) electrons. The lowest BCUT2D eigenvalue weighted by Gasteiger charge is -2.20. The molecule has 2 unspecified atom stereocenters. The number of hydrogen-bond donors (Lipinski definition) is 2. The summed E-state index contributed by atoms with van der Waals surface area (Å²) >= 11 is 0. The standard InChI is InChI=1S/C16H23N3O5/c1-4-10(2)17-12-6-7-13(24-12)19-9-11(5-8-14(20)23-3)15(21)18-16(19)22/h5,8-10,12-13,17H,4,6-7H2,1-3H3,(H,18,21,22)/b8-5+/t10?,12?,13-/m1/s1. The Balaban J connectivity index is 2.19. The van der Waals surface area contributed by atoms with Crippen molar-refractivity contribution in [2.45, 2.75) is 51.6 Å². The van der Waals surface area contributed by atoms with E-state index in [4.69, 9.17) is 4.74 Å². The number of carbonyl (C=O) groups is 1. The van der Waals surface area contributed by atoms with E-state index in [1.165, 1.54) is 23.9 Å². The fourth-order valence-corrected chi connectivity index (χ4v) is 2.44. The Hall–Kier alpha value is -2.19. The third-order valence-electron chi connectivity index (χ3n) is 3.99. The van der Waals surface area contributed by atoms with Gasteiger partial charge in [-0.3, -0.25) is 19.7 Å². The van der Waals surface area contributed by atoms with Crippen molar-refractivity contribution in [1.82, 2.24) is 14.9 Å². The third kappa shape index (κ3) is 4.42. The number of H-pyrrole nitrogens is 1. The van der Waals surface area contributed by atoms with Gasteiger partial charge in [0.05, 0.1) is 12.7 Å². The summed E-state index contributed by atoms with van der Waals surface area (Å²) < 4.78 is 11.7. The fraction of sp³-hybridized carbons (Fsp3) is 0.562. The molecule has 1 fully saturated rings. The zero-order valence-corrected chi connectivity index (χ0v) is 14.1. The van der Waals surface area contributed by atoms with E-state index in [0.717, 1.165) is 18.9 Å². The average molecular weight is 337 g/mol. The Labute approximate surface area is 139 Å². The highest BCUT2D eigenvalue weighted by atomic mass is 16.5. The van der Waals surface area contributed by atoms with E-state index in [1.54, 1.807) is 0 Å². The molecule has 1 aliphatic heterocycles. The lowest BCUT2D eigenvalue weighted by molar-refractivity contribution is -0.134. The minimum absolute atomic E-state index is 0.127. The van der Waals surface area contributed by atoms with Crippen molar-refractivity contribution in [1.29, 1.82) is 0 Å². The van der Waals surface area contributed by atoms with Crippen LogP contribution in [0.15, 0.2) is 21.9 Å². The highest BCUT2D eigenvalue weighted by molar-refractivity contribution is 5.86. The van der Waals surface area contributed by atoms with Gasteiger partial charge in [-0.1, -0.05) is 6.92 Å². The monoisotopic (exact) mass is 337 g/mol. The molecular weight excluding hydrogens is 314 g/mol. The molecule has 8 heteroatoms. The van der Waals surface area contributed by atoms with Gasteiger partial charge in [-0.05, 0) is 32.3 Å². The molecule has 24 heavy (non-hydrogen) atoms. The SMILES string of the molecule is CCC(C)NC1CC[C@H](n2cc(/C=C/C(=O)OC)c(=O)[nH]c2=O)O1. The van der Waals surface area contributed by atoms with Gasteiger partial charge < -0.3 is 9.47 Å². The zero-order valence-electron chi connectivity index (χ0n) is 14.1. The molecular formula is C16H23N3O5. The molecule has 1 aliphatic rings. The summed E-state index contributed by atoms with van der Waals surface area (Å²) in [5.41, 5.74) is -0.921. The molecule has 2 heterocycles. The van der Waals surface area contributed by atoms with Gasteiger partial charge in [-0.15, -0.1) is 0 Å². The first-order valence-corrected chi connectivity index (χ1v) is 7.97. The summed E-state index contributed by atoms with van der Waals surface area (Å²) in [6.07, 6.45) is 5.66. The second-order valence-corrected chi connectivity index (χ2v) is 5.74. The Bertz CT molecular complexity index is 721. The van der Waals surface area contributed by atoms with Crippen LogP contribution in [-0.2, 0) is 14.3 Å². The highest BCUT2D eigenvalue weighted by Gasteiger charge is 2.28. The van der Waals surface area contributed by atoms with E-state index < -0.39 is 23.4 Å². The molecule has 0 bridgehead atoms. The van der Waals surface area contributed by atoms with E-state index in [-0.39, 0.29) is 11.8 Å². The van der Waals surface area contributed by atoms with Crippen molar-refractivity contribution in [3.8, 4) is 0 Å². The van der Waals surface area contributed by atoms with Crippen molar-refractivity contribution in [2.75, 3.05) is 7.11 Å². The van der Waals surface area contributed by atoms with E-state index in [0.29, 0.717) is 12.5 Å². The van der Waals surface area contributed by atoms with Crippen molar-refractivity contribution in [2.24, 2.45) is 0 Å². The predicted molar refractivity (Wildman–Crippen MR) is 88.4 cm³/mol. The predicted octanol–water partition coefficient (Wildman–Crippen LogP) is 0.746. The van der Waals surface area contributed by atoms with Crippen LogP contribution in [0.2, 0.25) is 0 Å². The summed E-state index contributed by atoms with van der Waals surface area (Å²) in [6.45, 7) is 4.15. The minimum Gasteiger partial charge on any atom is -0.466 e. The lowest BCUT2D eigenvalue weighted by atomic mass is 10.2. The van der Waals surface area contributed by atoms with Crippen LogP contribution >= 0.6 is 0 Å². The quantitative estimate of drug-likeness (QED) is 0.586. The summed E-state index contributed by atoms with van der Waals surface area (Å²) in [4.78, 5) is 37.3. The number of rotatable bonds is 6. The molecule has 3 atom stereocenters. The van der Waals surface area contributed by atoms with Gasteiger partial charge in [0.25, 0.3) is 5.56 Å². The van der Waals surface area contributed by atoms with Gasteiger partial charge in [0.1, 0.15) is 12.5 Å². The molecule has 1 aromatic rings. The van der Waals surface area contributed by atoms with Crippen LogP contribution in [0.25, 0.3) is 6.08 Å². The Morgan fingerprint density at radius 1 is 1.54 bits per heavy atom. The molecule has 1 aromatic heterocycles. The number of esters is 1. The number of hydrogen-bond acceptors (Lipinski definition) is 6. The molecule has 8 nitrogen and oxygen atoms in total. The molecule has 1 saturated heterocycles. The number of aromatic amines is 1. The third-order valence-corrected chi connectivity index (χ3v) is 3.99. The summed E-state index contributed by atoms with van der Waals surface area (Å²) in [6, 6.07) is 0.319. The largest absolute Gasteiger partial charge is 0.466 e. The second-order valence-electron chi connectivity index (χ2n) is 5.74. The van der Waals surface area contributed by atoms with Gasteiger partial charge in [0.2, 0.25) is 0 Å². The molecule has 0 spiro atoms. The molecule has 2 N–H and O–H groups in total. The summed E-state index contributed by atoms with van der Waals surface area (Å²) in [7, 11) is 1.24. The van der Waals surface area contributed by atoms with E-state index in [2.05, 4.69) is 28.9 Å². The van der Waals surface area contributed by atoms with Gasteiger partial charge in [0.15, 0.2) is 0 Å². The maximum atomic E-state index is 12.0. The summed E-state index contributed by atoms with van der Waals surface area (Å²) in [5.74, 6) is -0.581. The number of nitrogens with one attached hydrogen (secondary N) is 2. The number of aromatic nitrogens is 2. The molecule has 2 rings (SSSR count). The highest BCUT2D eigenvalue weighted by Crippen LogP contribution is 2.26. The van der Waals surface area contributed by atoms with E-state index >= 15 is 0 Å². The molecule has 0 aromatic carbocycles. The first-order chi connectivity index (χ1) is 11.4. The van der Waals surface area contributed by atoms with Crippen LogP contribution in [0.3, 0.4) is 0 Å². The second kappa shape index (κ2) is 8.07. The van der Waals surface area contributed by atoms with E-state index in [9.17, 15) is 14.4 Å². The van der Waals surface area contributed by atoms with Crippen molar-refractivity contribution in [3.05, 3.63) is 38.7 Å². The maximum absolute atomic E-state index is 12.0. The normalized spacial score (nSPS) is 22.0. The maximum Gasteiger partial charge on any atom is 0.330 e. The number of methoxy groups -OCH3 is 1. The van der Waals surface area contributed by atoms with Crippen molar-refractivity contribution >= 4 is 12.0 Å². The van der Waals surface area contributed by atoms with Gasteiger partial charge >= 0.3 is 11.7 Å². The van der Waals surface area contributed by atoms with Gasteiger partial charge in [0, 0.05) is 18.3 Å². The molecule has 0 saturated carbocycles. The Morgan fingerprint density at radius 2 is 2.29 bits per heavy atom. The number of ether oxygens (including phenoxy) is 2. The van der Waals surface area contributed by atoms with Crippen LogP contribution in [0.1, 0.15) is 44.9 Å². The van der Waals surface area contributed by atoms with Crippen LogP contribution in [-0.4, -0.2) is 34.9 Å². The average Bonchev–Trinajstić information content (AvgIpc) is 3.01. The summed E-state index contributed by atoms with van der Waals surface area (Å²) in [5, 5.41) is 3.34. The number of carbonyl (C=O) groups excluding carboxylic acids is 1.